The van der Waals surface area contributed by atoms with Crippen molar-refractivity contribution in [3.63, 3.8) is 0 Å². The highest BCUT2D eigenvalue weighted by molar-refractivity contribution is 5.85. The van der Waals surface area contributed by atoms with E-state index in [9.17, 15) is 4.79 Å². The van der Waals surface area contributed by atoms with E-state index in [4.69, 9.17) is 0 Å². The van der Waals surface area contributed by atoms with Gasteiger partial charge >= 0.3 is 0 Å². The van der Waals surface area contributed by atoms with Gasteiger partial charge < -0.3 is 10.6 Å². The fraction of sp³-hybridized carbons (Fsp3) is 0.933. The van der Waals surface area contributed by atoms with Crippen molar-refractivity contribution in [2.24, 2.45) is 17.3 Å². The Morgan fingerprint density at radius 2 is 1.79 bits per heavy atom. The van der Waals surface area contributed by atoms with E-state index in [1.165, 1.54) is 32.1 Å². The van der Waals surface area contributed by atoms with Gasteiger partial charge in [-0.05, 0) is 37.6 Å². The van der Waals surface area contributed by atoms with Gasteiger partial charge in [-0.3, -0.25) is 4.79 Å². The van der Waals surface area contributed by atoms with Gasteiger partial charge in [0.15, 0.2) is 0 Å². The quantitative estimate of drug-likeness (QED) is 0.757. The molecule has 4 heteroatoms. The summed E-state index contributed by atoms with van der Waals surface area (Å²) in [4.78, 5) is 12.0. The Morgan fingerprint density at radius 3 is 2.26 bits per heavy atom. The molecule has 1 atom stereocenters. The molecule has 3 nitrogen and oxygen atoms in total. The topological polar surface area (TPSA) is 41.1 Å². The fourth-order valence-electron chi connectivity index (χ4n) is 3.29. The maximum atomic E-state index is 12.0. The number of rotatable bonds is 7. The van der Waals surface area contributed by atoms with Crippen molar-refractivity contribution in [1.82, 2.24) is 10.6 Å². The van der Waals surface area contributed by atoms with Crippen LogP contribution in [0.1, 0.15) is 52.9 Å². The van der Waals surface area contributed by atoms with Crippen LogP contribution in [0.2, 0.25) is 0 Å². The fourth-order valence-corrected chi connectivity index (χ4v) is 3.29. The van der Waals surface area contributed by atoms with Crippen molar-refractivity contribution in [3.05, 3.63) is 0 Å². The van der Waals surface area contributed by atoms with Crippen LogP contribution < -0.4 is 10.6 Å². The molecule has 1 fully saturated rings. The predicted octanol–water partition coefficient (Wildman–Crippen LogP) is 2.99. The maximum absolute atomic E-state index is 12.0. The van der Waals surface area contributed by atoms with Crippen molar-refractivity contribution < 1.29 is 4.79 Å². The number of nitrogens with one attached hydrogen (secondary N) is 2. The molecule has 19 heavy (non-hydrogen) atoms. The minimum atomic E-state index is 0. The SMILES string of the molecule is CNCC(C)C(=O)NCC1(CC(C)C)CCCC1.Cl. The molecule has 0 saturated heterocycles. The molecule has 2 N–H and O–H groups in total. The molecule has 0 aromatic rings. The molecule has 1 aliphatic carbocycles. The van der Waals surface area contributed by atoms with Gasteiger partial charge in [0.25, 0.3) is 0 Å². The predicted molar refractivity (Wildman–Crippen MR) is 83.7 cm³/mol. The van der Waals surface area contributed by atoms with Crippen molar-refractivity contribution in [1.29, 1.82) is 0 Å². The molecule has 1 amide bonds. The third-order valence-electron chi connectivity index (χ3n) is 4.10. The van der Waals surface area contributed by atoms with Crippen LogP contribution in [-0.4, -0.2) is 26.0 Å². The second-order valence-corrected chi connectivity index (χ2v) is 6.48. The average molecular weight is 291 g/mol. The lowest BCUT2D eigenvalue weighted by molar-refractivity contribution is -0.124. The Labute approximate surface area is 124 Å². The maximum Gasteiger partial charge on any atom is 0.224 e. The summed E-state index contributed by atoms with van der Waals surface area (Å²) in [5.74, 6) is 0.974. The average Bonchev–Trinajstić information content (AvgIpc) is 2.74. The van der Waals surface area contributed by atoms with Crippen LogP contribution in [0.5, 0.6) is 0 Å². The van der Waals surface area contributed by atoms with Crippen LogP contribution in [0.25, 0.3) is 0 Å². The van der Waals surface area contributed by atoms with Crippen molar-refractivity contribution in [2.75, 3.05) is 20.1 Å². The van der Waals surface area contributed by atoms with Gasteiger partial charge in [-0.15, -0.1) is 12.4 Å². The van der Waals surface area contributed by atoms with Crippen LogP contribution in [0, 0.1) is 17.3 Å². The molecule has 0 spiro atoms. The van der Waals surface area contributed by atoms with Crippen LogP contribution in [0.15, 0.2) is 0 Å². The first kappa shape index (κ1) is 18.7. The van der Waals surface area contributed by atoms with Gasteiger partial charge in [0.1, 0.15) is 0 Å². The Hall–Kier alpha value is -0.280. The van der Waals surface area contributed by atoms with E-state index in [-0.39, 0.29) is 24.2 Å². The summed E-state index contributed by atoms with van der Waals surface area (Å²) in [5.41, 5.74) is 0.378. The number of halogens is 1. The lowest BCUT2D eigenvalue weighted by Crippen LogP contribution is -2.41. The van der Waals surface area contributed by atoms with E-state index in [1.807, 2.05) is 14.0 Å². The number of carbonyl (C=O) groups excluding carboxylic acids is 1. The number of carbonyl (C=O) groups is 1. The largest absolute Gasteiger partial charge is 0.355 e. The van der Waals surface area contributed by atoms with E-state index in [2.05, 4.69) is 24.5 Å². The van der Waals surface area contributed by atoms with Crippen LogP contribution in [0.3, 0.4) is 0 Å². The summed E-state index contributed by atoms with van der Waals surface area (Å²) in [6, 6.07) is 0. The van der Waals surface area contributed by atoms with Gasteiger partial charge in [-0.1, -0.05) is 33.6 Å². The smallest absolute Gasteiger partial charge is 0.224 e. The van der Waals surface area contributed by atoms with Crippen LogP contribution >= 0.6 is 12.4 Å². The van der Waals surface area contributed by atoms with E-state index < -0.39 is 0 Å². The Kier molecular flexibility index (Phi) is 8.67. The second-order valence-electron chi connectivity index (χ2n) is 6.48. The van der Waals surface area contributed by atoms with E-state index >= 15 is 0 Å². The first-order valence-electron chi connectivity index (χ1n) is 7.41. The summed E-state index contributed by atoms with van der Waals surface area (Å²) in [7, 11) is 1.89. The minimum Gasteiger partial charge on any atom is -0.355 e. The zero-order chi connectivity index (χ0) is 13.6. The number of amides is 1. The third kappa shape index (κ3) is 6.13. The molecule has 1 saturated carbocycles. The van der Waals surface area contributed by atoms with Crippen LogP contribution in [0.4, 0.5) is 0 Å². The molecule has 0 aromatic heterocycles. The van der Waals surface area contributed by atoms with Crippen molar-refractivity contribution >= 4 is 18.3 Å². The van der Waals surface area contributed by atoms with Gasteiger partial charge in [-0.25, -0.2) is 0 Å². The van der Waals surface area contributed by atoms with Crippen LogP contribution in [-0.2, 0) is 4.79 Å². The van der Waals surface area contributed by atoms with Gasteiger partial charge in [0.2, 0.25) is 5.91 Å². The standard InChI is InChI=1S/C15H30N2O.ClH/c1-12(2)9-15(7-5-6-8-15)11-17-14(18)13(3)10-16-4;/h12-13,16H,5-11H2,1-4H3,(H,17,18);1H. The zero-order valence-corrected chi connectivity index (χ0v) is 13.7. The molecule has 0 heterocycles. The summed E-state index contributed by atoms with van der Waals surface area (Å²) >= 11 is 0. The molecule has 0 aromatic carbocycles. The van der Waals surface area contributed by atoms with E-state index in [0.717, 1.165) is 19.0 Å². The zero-order valence-electron chi connectivity index (χ0n) is 12.9. The normalized spacial score (nSPS) is 19.0. The molecule has 0 aliphatic heterocycles. The number of hydrogen-bond donors (Lipinski definition) is 2. The molecule has 1 unspecified atom stereocenters. The van der Waals surface area contributed by atoms with Gasteiger partial charge in [0, 0.05) is 19.0 Å². The summed E-state index contributed by atoms with van der Waals surface area (Å²) < 4.78 is 0. The Balaban J connectivity index is 0.00000324. The first-order chi connectivity index (χ1) is 8.49. The molecule has 1 aliphatic rings. The minimum absolute atomic E-state index is 0. The third-order valence-corrected chi connectivity index (χ3v) is 4.10. The summed E-state index contributed by atoms with van der Waals surface area (Å²) in [6.07, 6.45) is 6.47. The summed E-state index contributed by atoms with van der Waals surface area (Å²) in [6.45, 7) is 8.17. The van der Waals surface area contributed by atoms with Crippen molar-refractivity contribution in [2.45, 2.75) is 52.9 Å². The molecule has 0 bridgehead atoms. The van der Waals surface area contributed by atoms with E-state index in [1.54, 1.807) is 0 Å². The molecular formula is C15H31ClN2O. The molecular weight excluding hydrogens is 260 g/mol. The summed E-state index contributed by atoms with van der Waals surface area (Å²) in [5, 5.41) is 6.23. The van der Waals surface area contributed by atoms with E-state index in [0.29, 0.717) is 5.41 Å². The molecule has 1 rings (SSSR count). The second kappa shape index (κ2) is 8.80. The number of hydrogen-bond acceptors (Lipinski definition) is 2. The Morgan fingerprint density at radius 1 is 1.21 bits per heavy atom. The van der Waals surface area contributed by atoms with Gasteiger partial charge in [0.05, 0.1) is 0 Å². The van der Waals surface area contributed by atoms with Gasteiger partial charge in [-0.2, -0.15) is 0 Å². The monoisotopic (exact) mass is 290 g/mol. The molecule has 114 valence electrons. The lowest BCUT2D eigenvalue weighted by Gasteiger charge is -2.31. The first-order valence-corrected chi connectivity index (χ1v) is 7.41. The lowest BCUT2D eigenvalue weighted by atomic mass is 9.78. The van der Waals surface area contributed by atoms with Crippen molar-refractivity contribution in [3.8, 4) is 0 Å². The highest BCUT2D eigenvalue weighted by Gasteiger charge is 2.34. The molecule has 0 radical (unpaired) electrons. The Bertz CT molecular complexity index is 263. The highest BCUT2D eigenvalue weighted by Crippen LogP contribution is 2.42. The highest BCUT2D eigenvalue weighted by atomic mass is 35.5.